The number of aromatic nitrogens is 5. The normalized spacial score (nSPS) is 15.4. The van der Waals surface area contributed by atoms with E-state index in [4.69, 9.17) is 0 Å². The Morgan fingerprint density at radius 1 is 1.08 bits per heavy atom. The van der Waals surface area contributed by atoms with E-state index in [1.807, 2.05) is 24.3 Å². The Morgan fingerprint density at radius 3 is 2.61 bits per heavy atom. The summed E-state index contributed by atoms with van der Waals surface area (Å²) in [6.45, 7) is 7.86. The van der Waals surface area contributed by atoms with E-state index in [1.54, 1.807) is 0 Å². The minimum absolute atomic E-state index is 0.00285. The van der Waals surface area contributed by atoms with Crippen LogP contribution in [0, 0.1) is 12.8 Å². The molecule has 0 amide bonds. The summed E-state index contributed by atoms with van der Waals surface area (Å²) in [5.74, 6) is 1.19. The molecule has 1 aliphatic carbocycles. The molecule has 2 aromatic carbocycles. The minimum atomic E-state index is -0.0334. The molecule has 0 spiro atoms. The van der Waals surface area contributed by atoms with Crippen molar-refractivity contribution in [1.29, 1.82) is 0 Å². The van der Waals surface area contributed by atoms with Gasteiger partial charge >= 0.3 is 0 Å². The molecule has 1 N–H and O–H groups in total. The van der Waals surface area contributed by atoms with Gasteiger partial charge in [0.25, 0.3) is 5.56 Å². The van der Waals surface area contributed by atoms with Crippen LogP contribution < -0.4 is 5.56 Å². The quantitative estimate of drug-likeness (QED) is 0.345. The molecule has 7 heteroatoms. The van der Waals surface area contributed by atoms with E-state index >= 15 is 0 Å². The van der Waals surface area contributed by atoms with Crippen LogP contribution in [0.3, 0.4) is 0 Å². The van der Waals surface area contributed by atoms with Crippen molar-refractivity contribution in [2.75, 3.05) is 6.54 Å². The second-order valence-corrected chi connectivity index (χ2v) is 10.5. The van der Waals surface area contributed by atoms with Crippen LogP contribution in [0.5, 0.6) is 0 Å². The van der Waals surface area contributed by atoms with E-state index in [2.05, 4.69) is 81.2 Å². The van der Waals surface area contributed by atoms with Crippen LogP contribution >= 0.6 is 0 Å². The zero-order valence-corrected chi connectivity index (χ0v) is 21.5. The number of nitrogens with one attached hydrogen (secondary N) is 1. The first kappa shape index (κ1) is 24.4. The summed E-state index contributed by atoms with van der Waals surface area (Å²) < 4.78 is 2.07. The zero-order chi connectivity index (χ0) is 25.1. The topological polar surface area (TPSA) is 79.7 Å². The second kappa shape index (κ2) is 10.7. The Hall–Kier alpha value is -3.32. The molecule has 0 aliphatic heterocycles. The standard InChI is InChI=1S/C29H36N6O/c1-20(2)27(28-31-32-33-35(28)25-11-7-8-12-25)34(16-15-22-9-5-4-6-10-22)19-24-18-23-17-21(3)13-14-26(23)30-29(24)36/h4-6,9-10,13-14,17-18,20,25,27H,7-8,11-12,15-16,19H2,1-3H3,(H,30,36). The fraction of sp³-hybridized carbons (Fsp3) is 0.448. The highest BCUT2D eigenvalue weighted by Crippen LogP contribution is 2.34. The van der Waals surface area contributed by atoms with E-state index in [-0.39, 0.29) is 17.5 Å². The van der Waals surface area contributed by atoms with E-state index in [0.717, 1.165) is 48.1 Å². The summed E-state index contributed by atoms with van der Waals surface area (Å²) in [4.78, 5) is 18.7. The number of tetrazole rings is 1. The molecule has 0 bridgehead atoms. The van der Waals surface area contributed by atoms with Crippen LogP contribution in [-0.2, 0) is 13.0 Å². The molecule has 36 heavy (non-hydrogen) atoms. The number of benzene rings is 2. The summed E-state index contributed by atoms with van der Waals surface area (Å²) in [7, 11) is 0. The predicted octanol–water partition coefficient (Wildman–Crippen LogP) is 5.38. The highest BCUT2D eigenvalue weighted by Gasteiger charge is 2.32. The van der Waals surface area contributed by atoms with Gasteiger partial charge in [0.15, 0.2) is 5.82 Å². The zero-order valence-electron chi connectivity index (χ0n) is 21.5. The van der Waals surface area contributed by atoms with Crippen molar-refractivity contribution >= 4 is 10.9 Å². The molecule has 0 radical (unpaired) electrons. The van der Waals surface area contributed by atoms with Gasteiger partial charge in [0.05, 0.1) is 12.1 Å². The van der Waals surface area contributed by atoms with Gasteiger partial charge in [-0.2, -0.15) is 0 Å². The largest absolute Gasteiger partial charge is 0.322 e. The molecule has 0 saturated heterocycles. The highest BCUT2D eigenvalue weighted by molar-refractivity contribution is 5.79. The first-order valence-corrected chi connectivity index (χ1v) is 13.2. The number of hydrogen-bond acceptors (Lipinski definition) is 5. The van der Waals surface area contributed by atoms with Gasteiger partial charge in [-0.05, 0) is 71.7 Å². The van der Waals surface area contributed by atoms with Gasteiger partial charge < -0.3 is 4.98 Å². The van der Waals surface area contributed by atoms with Crippen molar-refractivity contribution in [3.05, 3.63) is 87.5 Å². The predicted molar refractivity (Wildman–Crippen MR) is 143 cm³/mol. The molecule has 2 heterocycles. The van der Waals surface area contributed by atoms with Crippen molar-refractivity contribution in [2.24, 2.45) is 5.92 Å². The maximum Gasteiger partial charge on any atom is 0.252 e. The van der Waals surface area contributed by atoms with Gasteiger partial charge in [-0.3, -0.25) is 9.69 Å². The van der Waals surface area contributed by atoms with E-state index < -0.39 is 0 Å². The second-order valence-electron chi connectivity index (χ2n) is 10.5. The van der Waals surface area contributed by atoms with Gasteiger partial charge in [0.1, 0.15) is 0 Å². The van der Waals surface area contributed by atoms with Crippen molar-refractivity contribution in [3.8, 4) is 0 Å². The maximum absolute atomic E-state index is 13.2. The van der Waals surface area contributed by atoms with Crippen LogP contribution in [0.15, 0.2) is 59.4 Å². The lowest BCUT2D eigenvalue weighted by atomic mass is 9.99. The third-order valence-corrected chi connectivity index (χ3v) is 7.46. The Kier molecular flexibility index (Phi) is 7.28. The molecular weight excluding hydrogens is 448 g/mol. The molecule has 4 aromatic rings. The fourth-order valence-electron chi connectivity index (χ4n) is 5.63. The van der Waals surface area contributed by atoms with Crippen molar-refractivity contribution in [3.63, 3.8) is 0 Å². The molecule has 5 rings (SSSR count). The molecule has 1 unspecified atom stereocenters. The lowest BCUT2D eigenvalue weighted by Crippen LogP contribution is -2.37. The summed E-state index contributed by atoms with van der Waals surface area (Å²) in [5.41, 5.74) is 4.07. The molecule has 188 valence electrons. The van der Waals surface area contributed by atoms with Gasteiger partial charge in [-0.15, -0.1) is 5.10 Å². The van der Waals surface area contributed by atoms with Crippen LogP contribution in [0.4, 0.5) is 0 Å². The van der Waals surface area contributed by atoms with Crippen molar-refractivity contribution in [2.45, 2.75) is 71.5 Å². The number of fused-ring (bicyclic) bond motifs is 1. The smallest absolute Gasteiger partial charge is 0.252 e. The lowest BCUT2D eigenvalue weighted by Gasteiger charge is -2.34. The highest BCUT2D eigenvalue weighted by atomic mass is 16.1. The molecular formula is C29H36N6O. The van der Waals surface area contributed by atoms with Crippen LogP contribution in [0.2, 0.25) is 0 Å². The van der Waals surface area contributed by atoms with E-state index in [1.165, 1.54) is 24.0 Å². The Bertz CT molecular complexity index is 1350. The monoisotopic (exact) mass is 484 g/mol. The summed E-state index contributed by atoms with van der Waals surface area (Å²) in [6, 6.07) is 19.1. The van der Waals surface area contributed by atoms with Crippen LogP contribution in [-0.4, -0.2) is 36.6 Å². The fourth-order valence-corrected chi connectivity index (χ4v) is 5.63. The Morgan fingerprint density at radius 2 is 1.86 bits per heavy atom. The molecule has 1 aliphatic rings. The third kappa shape index (κ3) is 5.26. The number of hydrogen-bond donors (Lipinski definition) is 1. The third-order valence-electron chi connectivity index (χ3n) is 7.46. The van der Waals surface area contributed by atoms with Gasteiger partial charge in [0.2, 0.25) is 0 Å². The molecule has 1 atom stereocenters. The Balaban J connectivity index is 1.52. The van der Waals surface area contributed by atoms with E-state index in [9.17, 15) is 4.79 Å². The minimum Gasteiger partial charge on any atom is -0.322 e. The molecule has 2 aromatic heterocycles. The number of pyridine rings is 1. The van der Waals surface area contributed by atoms with Crippen molar-refractivity contribution in [1.82, 2.24) is 30.1 Å². The lowest BCUT2D eigenvalue weighted by molar-refractivity contribution is 0.133. The summed E-state index contributed by atoms with van der Waals surface area (Å²) in [6.07, 6.45) is 5.58. The first-order valence-electron chi connectivity index (χ1n) is 13.2. The SMILES string of the molecule is Cc1ccc2[nH]c(=O)c(CN(CCc3ccccc3)C(c3nnnn3C3CCCC3)C(C)C)cc2c1. The Labute approximate surface area is 212 Å². The number of nitrogens with zero attached hydrogens (tertiary/aromatic N) is 5. The molecule has 7 nitrogen and oxygen atoms in total. The van der Waals surface area contributed by atoms with Gasteiger partial charge in [-0.25, -0.2) is 4.68 Å². The van der Waals surface area contributed by atoms with Gasteiger partial charge in [0, 0.05) is 24.2 Å². The molecule has 1 saturated carbocycles. The average molecular weight is 485 g/mol. The van der Waals surface area contributed by atoms with E-state index in [0.29, 0.717) is 12.6 Å². The van der Waals surface area contributed by atoms with Gasteiger partial charge in [-0.1, -0.05) is 68.7 Å². The maximum atomic E-state index is 13.2. The van der Waals surface area contributed by atoms with Crippen LogP contribution in [0.25, 0.3) is 10.9 Å². The summed E-state index contributed by atoms with van der Waals surface area (Å²) >= 11 is 0. The number of H-pyrrole nitrogens is 1. The average Bonchev–Trinajstić information content (AvgIpc) is 3.56. The van der Waals surface area contributed by atoms with Crippen LogP contribution in [0.1, 0.15) is 74.1 Å². The molecule has 1 fully saturated rings. The summed E-state index contributed by atoms with van der Waals surface area (Å²) in [5, 5.41) is 14.2. The first-order chi connectivity index (χ1) is 17.5. The number of aromatic amines is 1. The van der Waals surface area contributed by atoms with Crippen molar-refractivity contribution < 1.29 is 0 Å². The number of rotatable bonds is 9. The number of aryl methyl sites for hydroxylation is 1.